The minimum absolute atomic E-state index is 0.0111. The van der Waals surface area contributed by atoms with Crippen molar-refractivity contribution in [1.82, 2.24) is 20.2 Å². The number of aromatic nitrogens is 2. The van der Waals surface area contributed by atoms with Crippen LogP contribution in [0.4, 0.5) is 0 Å². The van der Waals surface area contributed by atoms with E-state index in [0.717, 1.165) is 79.2 Å². The summed E-state index contributed by atoms with van der Waals surface area (Å²) in [6.07, 6.45) is 11.3. The molecular formula is C30H35N5O. The van der Waals surface area contributed by atoms with Gasteiger partial charge in [0.25, 0.3) is 0 Å². The fraction of sp³-hybridized carbons (Fsp3) is 0.433. The van der Waals surface area contributed by atoms with Crippen LogP contribution in [-0.2, 0) is 17.6 Å². The summed E-state index contributed by atoms with van der Waals surface area (Å²) >= 11 is 0. The Hall–Kier alpha value is -3.43. The molecule has 2 aliphatic rings. The summed E-state index contributed by atoms with van der Waals surface area (Å²) in [5, 5.41) is 12.4. The lowest BCUT2D eigenvalue weighted by molar-refractivity contribution is -0.117. The van der Waals surface area contributed by atoms with Gasteiger partial charge in [0.15, 0.2) is 0 Å². The van der Waals surface area contributed by atoms with Crippen LogP contribution in [0.2, 0.25) is 0 Å². The molecule has 1 aliphatic carbocycles. The summed E-state index contributed by atoms with van der Waals surface area (Å²) in [6.45, 7) is 5.26. The van der Waals surface area contributed by atoms with Gasteiger partial charge >= 0.3 is 0 Å². The lowest BCUT2D eigenvalue weighted by Crippen LogP contribution is -2.37. The highest BCUT2D eigenvalue weighted by atomic mass is 16.1. The van der Waals surface area contributed by atoms with Crippen LogP contribution in [0.25, 0.3) is 17.1 Å². The molecule has 0 saturated heterocycles. The molecular weight excluding hydrogens is 446 g/mol. The monoisotopic (exact) mass is 481 g/mol. The molecule has 0 bridgehead atoms. The number of rotatable bonds is 6. The number of hydrogen-bond donors (Lipinski definition) is 2. The predicted molar refractivity (Wildman–Crippen MR) is 143 cm³/mol. The number of carbonyl (C=O) groups is 1. The Morgan fingerprint density at radius 1 is 1.14 bits per heavy atom. The summed E-state index contributed by atoms with van der Waals surface area (Å²) in [4.78, 5) is 22.7. The van der Waals surface area contributed by atoms with Gasteiger partial charge in [0.1, 0.15) is 5.82 Å². The summed E-state index contributed by atoms with van der Waals surface area (Å²) in [5.74, 6) is 1.63. The first-order chi connectivity index (χ1) is 17.6. The topological polar surface area (TPSA) is 84.8 Å². The van der Waals surface area contributed by atoms with Crippen LogP contribution in [-0.4, -0.2) is 46.5 Å². The Morgan fingerprint density at radius 3 is 2.75 bits per heavy atom. The molecule has 3 aromatic rings. The van der Waals surface area contributed by atoms with Crippen LogP contribution in [0.5, 0.6) is 0 Å². The molecule has 5 rings (SSSR count). The highest BCUT2D eigenvalue weighted by Gasteiger charge is 2.23. The molecule has 1 aromatic heterocycles. The van der Waals surface area contributed by atoms with Gasteiger partial charge in [0, 0.05) is 25.2 Å². The van der Waals surface area contributed by atoms with Crippen molar-refractivity contribution in [3.63, 3.8) is 0 Å². The second kappa shape index (κ2) is 11.1. The molecule has 36 heavy (non-hydrogen) atoms. The second-order valence-electron chi connectivity index (χ2n) is 10.4. The van der Waals surface area contributed by atoms with Crippen LogP contribution in [0.3, 0.4) is 0 Å². The van der Waals surface area contributed by atoms with Gasteiger partial charge in [-0.3, -0.25) is 4.79 Å². The van der Waals surface area contributed by atoms with E-state index in [4.69, 9.17) is 0 Å². The average Bonchev–Trinajstić information content (AvgIpc) is 3.14. The lowest BCUT2D eigenvalue weighted by atomic mass is 9.84. The highest BCUT2D eigenvalue weighted by molar-refractivity contribution is 5.92. The minimum Gasteiger partial charge on any atom is -0.350 e. The molecule has 6 nitrogen and oxygen atoms in total. The zero-order chi connectivity index (χ0) is 24.9. The number of aromatic amines is 1. The summed E-state index contributed by atoms with van der Waals surface area (Å²) in [6, 6.07) is 14.7. The van der Waals surface area contributed by atoms with Crippen molar-refractivity contribution in [3.05, 3.63) is 70.6 Å². The molecule has 1 fully saturated rings. The van der Waals surface area contributed by atoms with Gasteiger partial charge < -0.3 is 15.2 Å². The van der Waals surface area contributed by atoms with Crippen molar-refractivity contribution in [1.29, 1.82) is 5.26 Å². The number of amides is 1. The number of carbonyl (C=O) groups excluding carboxylic acids is 1. The normalized spacial score (nSPS) is 20.7. The molecule has 0 atom stereocenters. The van der Waals surface area contributed by atoms with E-state index < -0.39 is 0 Å². The quantitative estimate of drug-likeness (QED) is 0.489. The number of imidazole rings is 1. The maximum Gasteiger partial charge on any atom is 0.244 e. The van der Waals surface area contributed by atoms with Crippen molar-refractivity contribution >= 4 is 23.0 Å². The summed E-state index contributed by atoms with van der Waals surface area (Å²) in [7, 11) is 0. The molecule has 0 radical (unpaired) electrons. The third-order valence-electron chi connectivity index (χ3n) is 7.83. The molecule has 1 amide bonds. The van der Waals surface area contributed by atoms with Gasteiger partial charge in [-0.15, -0.1) is 0 Å². The van der Waals surface area contributed by atoms with Gasteiger partial charge in [-0.2, -0.15) is 5.26 Å². The van der Waals surface area contributed by atoms with E-state index in [1.807, 2.05) is 37.3 Å². The first-order valence-corrected chi connectivity index (χ1v) is 13.2. The Kier molecular flexibility index (Phi) is 7.48. The largest absolute Gasteiger partial charge is 0.350 e. The van der Waals surface area contributed by atoms with Crippen LogP contribution >= 0.6 is 0 Å². The number of benzene rings is 2. The van der Waals surface area contributed by atoms with Crippen LogP contribution in [0.1, 0.15) is 60.2 Å². The third kappa shape index (κ3) is 6.03. The molecule has 0 spiro atoms. The zero-order valence-corrected chi connectivity index (χ0v) is 21.1. The number of nitriles is 1. The number of H-pyrrole nitrogens is 1. The van der Waals surface area contributed by atoms with E-state index in [2.05, 4.69) is 38.4 Å². The number of aryl methyl sites for hydroxylation is 1. The van der Waals surface area contributed by atoms with E-state index in [-0.39, 0.29) is 11.9 Å². The predicted octanol–water partition coefficient (Wildman–Crippen LogP) is 4.92. The average molecular weight is 482 g/mol. The fourth-order valence-corrected chi connectivity index (χ4v) is 5.70. The first-order valence-electron chi connectivity index (χ1n) is 13.2. The van der Waals surface area contributed by atoms with E-state index in [1.165, 1.54) is 30.4 Å². The molecule has 2 aromatic carbocycles. The van der Waals surface area contributed by atoms with E-state index in [0.29, 0.717) is 0 Å². The fourth-order valence-electron chi connectivity index (χ4n) is 5.70. The lowest BCUT2D eigenvalue weighted by Gasteiger charge is -2.30. The smallest absolute Gasteiger partial charge is 0.244 e. The minimum atomic E-state index is -0.0111. The van der Waals surface area contributed by atoms with Gasteiger partial charge in [-0.1, -0.05) is 12.1 Å². The molecule has 186 valence electrons. The van der Waals surface area contributed by atoms with Crippen LogP contribution < -0.4 is 5.32 Å². The van der Waals surface area contributed by atoms with Crippen molar-refractivity contribution in [2.45, 2.75) is 57.9 Å². The first kappa shape index (κ1) is 24.3. The van der Waals surface area contributed by atoms with E-state index in [9.17, 15) is 10.1 Å². The van der Waals surface area contributed by atoms with Gasteiger partial charge in [-0.25, -0.2) is 4.98 Å². The molecule has 0 unspecified atom stereocenters. The molecule has 6 heteroatoms. The van der Waals surface area contributed by atoms with Crippen molar-refractivity contribution < 1.29 is 4.79 Å². The SMILES string of the molecule is Cc1nc2ccc(/C=C/C(=O)NC3CCC(CCN4CCc5ccc(C#N)cc5CC4)CC3)cc2[nH]1. The number of hydrogen-bond acceptors (Lipinski definition) is 4. The number of fused-ring (bicyclic) bond motifs is 2. The zero-order valence-electron chi connectivity index (χ0n) is 21.1. The highest BCUT2D eigenvalue weighted by Crippen LogP contribution is 2.28. The van der Waals surface area contributed by atoms with Crippen molar-refractivity contribution in [2.24, 2.45) is 5.92 Å². The second-order valence-corrected chi connectivity index (χ2v) is 10.4. The summed E-state index contributed by atoms with van der Waals surface area (Å²) in [5.41, 5.74) is 6.45. The van der Waals surface area contributed by atoms with E-state index in [1.54, 1.807) is 6.08 Å². The molecule has 2 heterocycles. The standard InChI is InChI=1S/C30H35N5O/c1-21-32-28-10-5-23(19-29(28)33-21)6-11-30(36)34-27-8-3-22(4-9-27)12-15-35-16-13-25-7-2-24(20-31)18-26(25)14-17-35/h2,5-7,10-11,18-19,22,27H,3-4,8-9,12-17H2,1H3,(H,32,33)(H,34,36)/b11-6+. The molecule has 1 aliphatic heterocycles. The Labute approximate surface area is 213 Å². The van der Waals surface area contributed by atoms with Gasteiger partial charge in [0.2, 0.25) is 5.91 Å². The Balaban J connectivity index is 1.03. The number of nitrogens with zero attached hydrogens (tertiary/aromatic N) is 3. The summed E-state index contributed by atoms with van der Waals surface area (Å²) < 4.78 is 0. The Bertz CT molecular complexity index is 1290. The van der Waals surface area contributed by atoms with Crippen LogP contribution in [0.15, 0.2) is 42.5 Å². The van der Waals surface area contributed by atoms with Crippen LogP contribution in [0, 0.1) is 24.2 Å². The van der Waals surface area contributed by atoms with Gasteiger partial charge in [-0.05, 0) is 111 Å². The molecule has 2 N–H and O–H groups in total. The van der Waals surface area contributed by atoms with Crippen molar-refractivity contribution in [3.8, 4) is 6.07 Å². The maximum atomic E-state index is 12.5. The maximum absolute atomic E-state index is 12.5. The third-order valence-corrected chi connectivity index (χ3v) is 7.83. The van der Waals surface area contributed by atoms with Crippen molar-refractivity contribution in [2.75, 3.05) is 19.6 Å². The van der Waals surface area contributed by atoms with Gasteiger partial charge in [0.05, 0.1) is 22.7 Å². The number of nitrogens with one attached hydrogen (secondary N) is 2. The Morgan fingerprint density at radius 2 is 1.94 bits per heavy atom. The molecule has 1 saturated carbocycles. The van der Waals surface area contributed by atoms with E-state index >= 15 is 0 Å².